The number of carbonyl (C=O) groups is 1. The van der Waals surface area contributed by atoms with Gasteiger partial charge in [-0.15, -0.1) is 0 Å². The minimum atomic E-state index is -1.67. The molecule has 1 aromatic carbocycles. The maximum Gasteiger partial charge on any atom is 0.341 e. The Balaban J connectivity index is 0.00000161. The summed E-state index contributed by atoms with van der Waals surface area (Å²) in [5, 5.41) is 8.51. The van der Waals surface area contributed by atoms with Gasteiger partial charge in [0.2, 0.25) is 5.43 Å². The Labute approximate surface area is 138 Å². The van der Waals surface area contributed by atoms with Crippen molar-refractivity contribution in [2.75, 3.05) is 0 Å². The molecule has 1 radical (unpaired) electrons. The molecular formula is C13H8F3NNaO3. The van der Waals surface area contributed by atoms with Crippen molar-refractivity contribution in [1.29, 1.82) is 0 Å². The topological polar surface area (TPSA) is 59.3 Å². The third-order valence-corrected chi connectivity index (χ3v) is 3.32. The van der Waals surface area contributed by atoms with Crippen LogP contribution in [0.3, 0.4) is 0 Å². The Hall–Kier alpha value is -1.31. The summed E-state index contributed by atoms with van der Waals surface area (Å²) in [5.74, 6) is -6.15. The molecule has 0 saturated heterocycles. The predicted octanol–water partition coefficient (Wildman–Crippen LogP) is 2.07. The smallest absolute Gasteiger partial charge is 0.341 e. The molecule has 21 heavy (non-hydrogen) atoms. The number of fused-ring (bicyclic) bond motifs is 1. The summed E-state index contributed by atoms with van der Waals surface area (Å²) in [4.78, 5) is 23.0. The fourth-order valence-corrected chi connectivity index (χ4v) is 2.21. The van der Waals surface area contributed by atoms with E-state index in [4.69, 9.17) is 5.11 Å². The summed E-state index contributed by atoms with van der Waals surface area (Å²) in [6.45, 7) is 0. The van der Waals surface area contributed by atoms with Crippen LogP contribution in [0.1, 0.15) is 29.2 Å². The molecule has 0 atom stereocenters. The van der Waals surface area contributed by atoms with Crippen molar-refractivity contribution in [2.24, 2.45) is 0 Å². The van der Waals surface area contributed by atoms with Gasteiger partial charge in [-0.2, -0.15) is 0 Å². The fraction of sp³-hybridized carbons (Fsp3) is 0.231. The van der Waals surface area contributed by atoms with Gasteiger partial charge in [0.25, 0.3) is 0 Å². The van der Waals surface area contributed by atoms with E-state index in [1.807, 2.05) is 0 Å². The second kappa shape index (κ2) is 5.47. The van der Waals surface area contributed by atoms with Crippen molar-refractivity contribution in [3.8, 4) is 0 Å². The number of hydrogen-bond donors (Lipinski definition) is 1. The van der Waals surface area contributed by atoms with Gasteiger partial charge in [0.05, 0.1) is 10.9 Å². The maximum atomic E-state index is 13.9. The van der Waals surface area contributed by atoms with Crippen molar-refractivity contribution < 1.29 is 23.1 Å². The Morgan fingerprint density at radius 1 is 1.24 bits per heavy atom. The van der Waals surface area contributed by atoms with E-state index in [1.54, 1.807) is 0 Å². The first-order valence-electron chi connectivity index (χ1n) is 5.87. The van der Waals surface area contributed by atoms with E-state index in [0.29, 0.717) is 18.9 Å². The van der Waals surface area contributed by atoms with Crippen molar-refractivity contribution >= 4 is 46.4 Å². The minimum absolute atomic E-state index is 0. The molecule has 1 aromatic heterocycles. The number of benzene rings is 1. The molecule has 0 unspecified atom stereocenters. The Morgan fingerprint density at radius 3 is 2.38 bits per heavy atom. The first-order chi connectivity index (χ1) is 9.41. The van der Waals surface area contributed by atoms with Crippen molar-refractivity contribution in [1.82, 2.24) is 4.57 Å². The first kappa shape index (κ1) is 16.1. The molecule has 8 heteroatoms. The molecular weight excluding hydrogens is 298 g/mol. The van der Waals surface area contributed by atoms with Crippen molar-refractivity contribution in [3.63, 3.8) is 0 Å². The Morgan fingerprint density at radius 2 is 1.86 bits per heavy atom. The summed E-state index contributed by atoms with van der Waals surface area (Å²) in [6, 6.07) is 0.345. The molecule has 1 aliphatic rings. The fourth-order valence-electron chi connectivity index (χ4n) is 2.21. The summed E-state index contributed by atoms with van der Waals surface area (Å²) < 4.78 is 41.7. The zero-order chi connectivity index (χ0) is 14.6. The van der Waals surface area contributed by atoms with E-state index in [-0.39, 0.29) is 41.1 Å². The van der Waals surface area contributed by atoms with Gasteiger partial charge in [0, 0.05) is 41.8 Å². The number of aromatic nitrogens is 1. The minimum Gasteiger partial charge on any atom is -0.477 e. The zero-order valence-corrected chi connectivity index (χ0v) is 13.0. The normalized spacial score (nSPS) is 14.0. The van der Waals surface area contributed by atoms with Gasteiger partial charge in [0.15, 0.2) is 17.5 Å². The molecule has 4 nitrogen and oxygen atoms in total. The number of carboxylic acid groups (broad SMARTS) is 1. The predicted molar refractivity (Wildman–Crippen MR) is 69.1 cm³/mol. The molecule has 0 spiro atoms. The van der Waals surface area contributed by atoms with Gasteiger partial charge in [0.1, 0.15) is 5.56 Å². The number of pyridine rings is 1. The van der Waals surface area contributed by atoms with Crippen LogP contribution in [0.4, 0.5) is 13.2 Å². The number of carboxylic acids is 1. The maximum absolute atomic E-state index is 13.9. The largest absolute Gasteiger partial charge is 0.477 e. The summed E-state index contributed by atoms with van der Waals surface area (Å²) in [7, 11) is 0. The molecule has 1 N–H and O–H groups in total. The Bertz CT molecular complexity index is 815. The van der Waals surface area contributed by atoms with Gasteiger partial charge >= 0.3 is 5.97 Å². The molecule has 0 bridgehead atoms. The molecule has 0 amide bonds. The third kappa shape index (κ3) is 2.49. The van der Waals surface area contributed by atoms with Crippen LogP contribution >= 0.6 is 0 Å². The van der Waals surface area contributed by atoms with Gasteiger partial charge < -0.3 is 9.67 Å². The molecule has 0 aliphatic heterocycles. The summed E-state index contributed by atoms with van der Waals surface area (Å²) >= 11 is 0. The standard InChI is InChI=1S/C13H8F3NO3.Na/c14-8-3-6-11(10(16)9(8)15)17(5-1-2-5)4-7(12(6)18)13(19)20;/h3-5H,1-2H2,(H,19,20);. The summed E-state index contributed by atoms with van der Waals surface area (Å²) in [5.41, 5.74) is -2.00. The molecule has 1 heterocycles. The van der Waals surface area contributed by atoms with E-state index in [0.717, 1.165) is 6.20 Å². The second-order valence-corrected chi connectivity index (χ2v) is 4.70. The number of aromatic carboxylic acids is 1. The van der Waals surface area contributed by atoms with Crippen molar-refractivity contribution in [3.05, 3.63) is 45.5 Å². The SMILES string of the molecule is O=C(O)c1cn(C2CC2)c2c(F)c(F)c(F)cc2c1=O.[Na]. The van der Waals surface area contributed by atoms with Crippen LogP contribution in [-0.4, -0.2) is 45.2 Å². The van der Waals surface area contributed by atoms with Gasteiger partial charge in [-0.3, -0.25) is 4.79 Å². The van der Waals surface area contributed by atoms with Crippen LogP contribution in [-0.2, 0) is 0 Å². The van der Waals surface area contributed by atoms with E-state index in [1.165, 1.54) is 4.57 Å². The van der Waals surface area contributed by atoms with Crippen LogP contribution in [0.5, 0.6) is 0 Å². The van der Waals surface area contributed by atoms with Crippen molar-refractivity contribution in [2.45, 2.75) is 18.9 Å². The van der Waals surface area contributed by atoms with E-state index in [2.05, 4.69) is 0 Å². The number of nitrogens with zero attached hydrogens (tertiary/aromatic N) is 1. The third-order valence-electron chi connectivity index (χ3n) is 3.32. The van der Waals surface area contributed by atoms with E-state index < -0.39 is 39.8 Å². The molecule has 1 aliphatic carbocycles. The molecule has 2 aromatic rings. The van der Waals surface area contributed by atoms with Gasteiger partial charge in [-0.05, 0) is 18.9 Å². The average molecular weight is 306 g/mol. The van der Waals surface area contributed by atoms with E-state index >= 15 is 0 Å². The zero-order valence-electron chi connectivity index (χ0n) is 11.0. The van der Waals surface area contributed by atoms with Crippen LogP contribution in [0.15, 0.2) is 17.1 Å². The van der Waals surface area contributed by atoms with Crippen LogP contribution in [0.25, 0.3) is 10.9 Å². The monoisotopic (exact) mass is 306 g/mol. The Kier molecular flexibility index (Phi) is 4.19. The molecule has 105 valence electrons. The number of hydrogen-bond acceptors (Lipinski definition) is 2. The second-order valence-electron chi connectivity index (χ2n) is 4.70. The van der Waals surface area contributed by atoms with Crippen LogP contribution in [0.2, 0.25) is 0 Å². The quantitative estimate of drug-likeness (QED) is 0.682. The van der Waals surface area contributed by atoms with Gasteiger partial charge in [-0.1, -0.05) is 0 Å². The average Bonchev–Trinajstić information content (AvgIpc) is 3.21. The molecule has 1 fully saturated rings. The molecule has 3 rings (SSSR count). The molecule has 1 saturated carbocycles. The van der Waals surface area contributed by atoms with Crippen LogP contribution < -0.4 is 5.43 Å². The number of halogens is 3. The van der Waals surface area contributed by atoms with Crippen LogP contribution in [0, 0.1) is 17.5 Å². The first-order valence-corrected chi connectivity index (χ1v) is 5.87. The number of rotatable bonds is 2. The van der Waals surface area contributed by atoms with E-state index in [9.17, 15) is 22.8 Å². The summed E-state index contributed by atoms with van der Waals surface area (Å²) in [6.07, 6.45) is 2.32. The van der Waals surface area contributed by atoms with Gasteiger partial charge in [-0.25, -0.2) is 18.0 Å².